The van der Waals surface area contributed by atoms with Crippen LogP contribution in [0, 0.1) is 19.8 Å². The predicted octanol–water partition coefficient (Wildman–Crippen LogP) is 4.96. The summed E-state index contributed by atoms with van der Waals surface area (Å²) >= 11 is 1.50. The van der Waals surface area contributed by atoms with Crippen molar-refractivity contribution in [3.8, 4) is 0 Å². The summed E-state index contributed by atoms with van der Waals surface area (Å²) in [6, 6.07) is 10.5. The van der Waals surface area contributed by atoms with Gasteiger partial charge in [-0.25, -0.2) is 13.4 Å². The normalized spacial score (nSPS) is 16.8. The minimum Gasteiger partial charge on any atom is -0.308 e. The Balaban J connectivity index is 0.00000361. The van der Waals surface area contributed by atoms with Gasteiger partial charge in [0.15, 0.2) is 5.13 Å². The van der Waals surface area contributed by atoms with Crippen LogP contribution < -0.4 is 4.90 Å². The van der Waals surface area contributed by atoms with Crippen LogP contribution in [-0.2, 0) is 10.0 Å². The standard InChI is InChI=1S/C26H34N4O3S2.ClH/c1-18-7-6-12-29(17-18)35(32,33)22-10-8-21(9-11-22)25(31)30(14-13-28(4)5)26-27-23-15-19(2)20(3)16-24(23)34-26;/h8-11,15-16,18H,6-7,12-14,17H2,1-5H3;1H. The largest absolute Gasteiger partial charge is 0.308 e. The number of fused-ring (bicyclic) bond motifs is 1. The van der Waals surface area contributed by atoms with Gasteiger partial charge < -0.3 is 4.90 Å². The first-order valence-corrected chi connectivity index (χ1v) is 14.3. The molecule has 0 spiro atoms. The van der Waals surface area contributed by atoms with Crippen molar-refractivity contribution >= 4 is 55.0 Å². The number of thiazole rings is 1. The van der Waals surface area contributed by atoms with Crippen LogP contribution in [0.15, 0.2) is 41.3 Å². The van der Waals surface area contributed by atoms with Gasteiger partial charge in [0.1, 0.15) is 0 Å². The molecule has 0 N–H and O–H groups in total. The molecule has 1 atom stereocenters. The van der Waals surface area contributed by atoms with E-state index in [1.165, 1.54) is 22.5 Å². The van der Waals surface area contributed by atoms with E-state index in [1.54, 1.807) is 33.5 Å². The summed E-state index contributed by atoms with van der Waals surface area (Å²) in [6.07, 6.45) is 1.92. The zero-order valence-electron chi connectivity index (χ0n) is 21.5. The third-order valence-corrected chi connectivity index (χ3v) is 9.52. The average Bonchev–Trinajstić information content (AvgIpc) is 3.21. The molecule has 196 valence electrons. The van der Waals surface area contributed by atoms with Gasteiger partial charge in [-0.3, -0.25) is 9.69 Å². The highest BCUT2D eigenvalue weighted by molar-refractivity contribution is 7.89. The molecule has 1 fully saturated rings. The lowest BCUT2D eigenvalue weighted by atomic mass is 10.0. The molecule has 1 aliphatic heterocycles. The summed E-state index contributed by atoms with van der Waals surface area (Å²) in [7, 11) is 0.369. The van der Waals surface area contributed by atoms with Crippen LogP contribution in [0.5, 0.6) is 0 Å². The number of sulfonamides is 1. The second-order valence-electron chi connectivity index (χ2n) is 9.80. The molecule has 0 radical (unpaired) electrons. The number of carbonyl (C=O) groups excluding carboxylic acids is 1. The lowest BCUT2D eigenvalue weighted by molar-refractivity contribution is 0.0985. The van der Waals surface area contributed by atoms with E-state index in [0.29, 0.717) is 42.8 Å². The zero-order valence-corrected chi connectivity index (χ0v) is 24.0. The van der Waals surface area contributed by atoms with Crippen LogP contribution in [0.1, 0.15) is 41.3 Å². The van der Waals surface area contributed by atoms with Crippen molar-refractivity contribution in [2.75, 3.05) is 45.2 Å². The summed E-state index contributed by atoms with van der Waals surface area (Å²) in [6.45, 7) is 8.46. The number of hydrogen-bond donors (Lipinski definition) is 0. The molecule has 3 aromatic rings. The van der Waals surface area contributed by atoms with Crippen molar-refractivity contribution in [3.05, 3.63) is 53.1 Å². The van der Waals surface area contributed by atoms with Gasteiger partial charge in [-0.15, -0.1) is 12.4 Å². The van der Waals surface area contributed by atoms with Crippen LogP contribution in [0.4, 0.5) is 5.13 Å². The van der Waals surface area contributed by atoms with Gasteiger partial charge in [0.05, 0.1) is 15.1 Å². The van der Waals surface area contributed by atoms with Gasteiger partial charge >= 0.3 is 0 Å². The van der Waals surface area contributed by atoms with E-state index in [0.717, 1.165) is 23.1 Å². The Bertz CT molecular complexity index is 1280. The number of nitrogens with zero attached hydrogens (tertiary/aromatic N) is 4. The predicted molar refractivity (Wildman–Crippen MR) is 150 cm³/mol. The summed E-state index contributed by atoms with van der Waals surface area (Å²) < 4.78 is 28.8. The second-order valence-corrected chi connectivity index (χ2v) is 12.7. The zero-order chi connectivity index (χ0) is 25.3. The first-order valence-electron chi connectivity index (χ1n) is 12.0. The van der Waals surface area contributed by atoms with Gasteiger partial charge in [-0.2, -0.15) is 4.31 Å². The first kappa shape index (κ1) is 28.5. The Morgan fingerprint density at radius 3 is 2.42 bits per heavy atom. The average molecular weight is 551 g/mol. The number of likely N-dealkylation sites (N-methyl/N-ethyl adjacent to an activating group) is 1. The number of aryl methyl sites for hydroxylation is 2. The fourth-order valence-corrected chi connectivity index (χ4v) is 6.97. The molecular weight excluding hydrogens is 516 g/mol. The topological polar surface area (TPSA) is 73.8 Å². The molecule has 36 heavy (non-hydrogen) atoms. The van der Waals surface area contributed by atoms with Crippen molar-refractivity contribution in [2.24, 2.45) is 5.92 Å². The monoisotopic (exact) mass is 550 g/mol. The van der Waals surface area contributed by atoms with Crippen molar-refractivity contribution in [1.29, 1.82) is 0 Å². The molecular formula is C26H35ClN4O3S2. The fraction of sp³-hybridized carbons (Fsp3) is 0.462. The number of benzene rings is 2. The lowest BCUT2D eigenvalue weighted by Crippen LogP contribution is -2.39. The molecule has 1 aliphatic rings. The summed E-state index contributed by atoms with van der Waals surface area (Å²) in [5, 5.41) is 0.649. The second kappa shape index (κ2) is 11.6. The molecule has 1 aromatic heterocycles. The van der Waals surface area contributed by atoms with Gasteiger partial charge in [0.2, 0.25) is 10.0 Å². The Labute approximate surface area is 224 Å². The molecule has 0 saturated carbocycles. The van der Waals surface area contributed by atoms with E-state index in [1.807, 2.05) is 19.0 Å². The van der Waals surface area contributed by atoms with Crippen LogP contribution >= 0.6 is 23.7 Å². The van der Waals surface area contributed by atoms with E-state index in [4.69, 9.17) is 4.98 Å². The number of carbonyl (C=O) groups is 1. The minimum absolute atomic E-state index is 0. The lowest BCUT2D eigenvalue weighted by Gasteiger charge is -2.30. The highest BCUT2D eigenvalue weighted by Crippen LogP contribution is 2.32. The van der Waals surface area contributed by atoms with Crippen molar-refractivity contribution in [3.63, 3.8) is 0 Å². The van der Waals surface area contributed by atoms with E-state index in [9.17, 15) is 13.2 Å². The highest BCUT2D eigenvalue weighted by atomic mass is 35.5. The first-order chi connectivity index (χ1) is 16.6. The summed E-state index contributed by atoms with van der Waals surface area (Å²) in [4.78, 5) is 22.3. The quantitative estimate of drug-likeness (QED) is 0.415. The van der Waals surface area contributed by atoms with Crippen LogP contribution in [0.2, 0.25) is 0 Å². The molecule has 0 bridgehead atoms. The fourth-order valence-electron chi connectivity index (χ4n) is 4.31. The van der Waals surface area contributed by atoms with Crippen LogP contribution in [0.3, 0.4) is 0 Å². The summed E-state index contributed by atoms with van der Waals surface area (Å²) in [5.74, 6) is 0.168. The van der Waals surface area contributed by atoms with E-state index >= 15 is 0 Å². The maximum atomic E-state index is 13.6. The molecule has 2 aromatic carbocycles. The van der Waals surface area contributed by atoms with Crippen LogP contribution in [-0.4, -0.2) is 68.8 Å². The molecule has 1 amide bonds. The third-order valence-electron chi connectivity index (χ3n) is 6.60. The number of hydrogen-bond acceptors (Lipinski definition) is 6. The number of amides is 1. The molecule has 7 nitrogen and oxygen atoms in total. The number of aromatic nitrogens is 1. The summed E-state index contributed by atoms with van der Waals surface area (Å²) in [5.41, 5.74) is 3.69. The Hall–Kier alpha value is -2.04. The van der Waals surface area contributed by atoms with Gasteiger partial charge in [0.25, 0.3) is 5.91 Å². The van der Waals surface area contributed by atoms with Crippen LogP contribution in [0.25, 0.3) is 10.2 Å². The van der Waals surface area contributed by atoms with Crippen molar-refractivity contribution in [1.82, 2.24) is 14.2 Å². The van der Waals surface area contributed by atoms with E-state index in [2.05, 4.69) is 32.9 Å². The number of anilines is 1. The Kier molecular flexibility index (Phi) is 9.16. The van der Waals surface area contributed by atoms with Gasteiger partial charge in [0, 0.05) is 31.7 Å². The maximum Gasteiger partial charge on any atom is 0.260 e. The van der Waals surface area contributed by atoms with Crippen molar-refractivity contribution < 1.29 is 13.2 Å². The van der Waals surface area contributed by atoms with Crippen molar-refractivity contribution in [2.45, 2.75) is 38.5 Å². The number of rotatable bonds is 7. The highest BCUT2D eigenvalue weighted by Gasteiger charge is 2.29. The third kappa shape index (κ3) is 6.08. The molecule has 4 rings (SSSR count). The molecule has 0 aliphatic carbocycles. The molecule has 1 unspecified atom stereocenters. The molecule has 2 heterocycles. The minimum atomic E-state index is -3.57. The van der Waals surface area contributed by atoms with E-state index in [-0.39, 0.29) is 23.2 Å². The number of piperidine rings is 1. The Morgan fingerprint density at radius 2 is 1.78 bits per heavy atom. The Morgan fingerprint density at radius 1 is 1.11 bits per heavy atom. The number of halogens is 1. The molecule has 1 saturated heterocycles. The van der Waals surface area contributed by atoms with Gasteiger partial charge in [-0.1, -0.05) is 18.3 Å². The molecule has 10 heteroatoms. The van der Waals surface area contributed by atoms with E-state index < -0.39 is 10.0 Å². The smallest absolute Gasteiger partial charge is 0.260 e. The SMILES string of the molecule is Cc1cc2nc(N(CCN(C)C)C(=O)c3ccc(S(=O)(=O)N4CCCC(C)C4)cc3)sc2cc1C.Cl. The van der Waals surface area contributed by atoms with Gasteiger partial charge in [-0.05, 0) is 94.2 Å². The maximum absolute atomic E-state index is 13.6.